The van der Waals surface area contributed by atoms with Gasteiger partial charge < -0.3 is 19.8 Å². The van der Waals surface area contributed by atoms with Crippen LogP contribution >= 0.6 is 0 Å². The molecule has 0 unspecified atom stereocenters. The van der Waals surface area contributed by atoms with Gasteiger partial charge in [0.25, 0.3) is 11.4 Å². The second kappa shape index (κ2) is 6.10. The molecule has 0 saturated carbocycles. The number of nitrogens with one attached hydrogen (secondary N) is 1. The smallest absolute Gasteiger partial charge is 0.308 e. The molecule has 0 aromatic carbocycles. The van der Waals surface area contributed by atoms with Gasteiger partial charge in [-0.1, -0.05) is 13.8 Å². The first kappa shape index (κ1) is 17.3. The number of nitrogens with zero attached hydrogens (tertiary/aromatic N) is 2. The monoisotopic (exact) mass is 356 g/mol. The zero-order chi connectivity index (χ0) is 18.4. The van der Waals surface area contributed by atoms with Crippen LogP contribution in [-0.2, 0) is 14.3 Å². The van der Waals surface area contributed by atoms with E-state index in [0.29, 0.717) is 0 Å². The maximum atomic E-state index is 14.7. The van der Waals surface area contributed by atoms with Gasteiger partial charge in [-0.25, -0.2) is 8.78 Å². The topological polar surface area (TPSA) is 112 Å². The first-order valence-electron chi connectivity index (χ1n) is 7.75. The van der Waals surface area contributed by atoms with E-state index in [2.05, 4.69) is 9.97 Å². The average molecular weight is 356 g/mol. The maximum Gasteiger partial charge on any atom is 0.308 e. The van der Waals surface area contributed by atoms with Crippen LogP contribution in [0.25, 0.3) is 11.0 Å². The van der Waals surface area contributed by atoms with Crippen LogP contribution in [0.5, 0.6) is 0 Å². The van der Waals surface area contributed by atoms with E-state index in [1.54, 1.807) is 13.8 Å². The molecule has 0 aliphatic carbocycles. The first-order valence-corrected chi connectivity index (χ1v) is 7.75. The Balaban J connectivity index is 1.84. The molecule has 0 bridgehead atoms. The van der Waals surface area contributed by atoms with Crippen LogP contribution in [0.15, 0.2) is 17.1 Å². The summed E-state index contributed by atoms with van der Waals surface area (Å²) in [4.78, 5) is 29.6. The number of fused-ring (bicyclic) bond motifs is 1. The fraction of sp³-hybridized carbons (Fsp3) is 0.533. The molecule has 25 heavy (non-hydrogen) atoms. The summed E-state index contributed by atoms with van der Waals surface area (Å²) < 4.78 is 40.2. The number of anilines is 1. The van der Waals surface area contributed by atoms with Crippen molar-refractivity contribution < 1.29 is 23.0 Å². The van der Waals surface area contributed by atoms with Crippen molar-refractivity contribution in [1.29, 1.82) is 0 Å². The van der Waals surface area contributed by atoms with E-state index in [-0.39, 0.29) is 23.4 Å². The summed E-state index contributed by atoms with van der Waals surface area (Å²) in [6, 6.07) is 1.45. The lowest BCUT2D eigenvalue weighted by atomic mass is 10.2. The molecule has 3 atom stereocenters. The molecule has 0 spiro atoms. The van der Waals surface area contributed by atoms with Crippen molar-refractivity contribution in [2.45, 2.75) is 38.5 Å². The summed E-state index contributed by atoms with van der Waals surface area (Å²) >= 11 is 0. The van der Waals surface area contributed by atoms with Crippen molar-refractivity contribution in [2.24, 2.45) is 5.92 Å². The number of halogens is 2. The predicted octanol–water partition coefficient (Wildman–Crippen LogP) is 1.43. The lowest BCUT2D eigenvalue weighted by Gasteiger charge is -2.22. The van der Waals surface area contributed by atoms with Gasteiger partial charge in [-0.2, -0.15) is 4.98 Å². The summed E-state index contributed by atoms with van der Waals surface area (Å²) in [5.41, 5.74) is 5.20. The molecule has 3 heterocycles. The molecular weight excluding hydrogens is 338 g/mol. The van der Waals surface area contributed by atoms with Crippen LogP contribution in [0.3, 0.4) is 0 Å². The van der Waals surface area contributed by atoms with Gasteiger partial charge in [0, 0.05) is 12.6 Å². The van der Waals surface area contributed by atoms with Crippen LogP contribution < -0.4 is 11.3 Å². The third-order valence-corrected chi connectivity index (χ3v) is 4.00. The van der Waals surface area contributed by atoms with Gasteiger partial charge in [-0.3, -0.25) is 14.6 Å². The number of hydrogen-bond donors (Lipinski definition) is 2. The molecule has 2 aromatic rings. The van der Waals surface area contributed by atoms with Gasteiger partial charge in [0.15, 0.2) is 18.4 Å². The number of aromatic nitrogens is 3. The highest BCUT2D eigenvalue weighted by Gasteiger charge is 2.52. The number of esters is 1. The Labute approximate surface area is 140 Å². The van der Waals surface area contributed by atoms with Gasteiger partial charge in [-0.15, -0.1) is 0 Å². The largest absolute Gasteiger partial charge is 0.459 e. The van der Waals surface area contributed by atoms with Crippen molar-refractivity contribution in [1.82, 2.24) is 14.5 Å². The zero-order valence-corrected chi connectivity index (χ0v) is 13.7. The molecule has 8 nitrogen and oxygen atoms in total. The minimum atomic E-state index is -2.77. The van der Waals surface area contributed by atoms with Crippen molar-refractivity contribution >= 4 is 23.0 Å². The highest BCUT2D eigenvalue weighted by molar-refractivity contribution is 5.76. The van der Waals surface area contributed by atoms with Crippen molar-refractivity contribution in [2.75, 3.05) is 12.3 Å². The number of aromatic amines is 1. The van der Waals surface area contributed by atoms with E-state index in [0.717, 1.165) is 0 Å². The van der Waals surface area contributed by atoms with Gasteiger partial charge in [-0.05, 0) is 6.07 Å². The molecule has 1 aliphatic heterocycles. The third-order valence-electron chi connectivity index (χ3n) is 4.00. The van der Waals surface area contributed by atoms with Crippen molar-refractivity contribution in [3.63, 3.8) is 0 Å². The molecule has 3 rings (SSSR count). The SMILES string of the molecule is CC(C)C(=O)OC[C@@]1(F)O[C@@H](n2ccc3c(=O)[nH]c(N)nc32)C[C@@H]1F. The predicted molar refractivity (Wildman–Crippen MR) is 84.0 cm³/mol. The maximum absolute atomic E-state index is 14.7. The van der Waals surface area contributed by atoms with Gasteiger partial charge in [0.2, 0.25) is 5.95 Å². The number of ether oxygens (including phenoxy) is 2. The third kappa shape index (κ3) is 3.09. The Morgan fingerprint density at radius 1 is 1.64 bits per heavy atom. The van der Waals surface area contributed by atoms with E-state index in [9.17, 15) is 18.4 Å². The molecule has 1 fully saturated rings. The molecule has 2 aromatic heterocycles. The van der Waals surface area contributed by atoms with Crippen LogP contribution in [-0.4, -0.2) is 39.1 Å². The summed E-state index contributed by atoms with van der Waals surface area (Å²) in [5.74, 6) is -4.00. The Hall–Kier alpha value is -2.49. The molecule has 1 aliphatic rings. The number of alkyl halides is 2. The number of carbonyl (C=O) groups excluding carboxylic acids is 1. The zero-order valence-electron chi connectivity index (χ0n) is 13.7. The van der Waals surface area contributed by atoms with Gasteiger partial charge >= 0.3 is 5.97 Å². The molecule has 136 valence electrons. The van der Waals surface area contributed by atoms with Crippen LogP contribution in [0.4, 0.5) is 14.7 Å². The summed E-state index contributed by atoms with van der Waals surface area (Å²) in [7, 11) is 0. The summed E-state index contributed by atoms with van der Waals surface area (Å²) in [6.07, 6.45) is -1.94. The molecule has 0 radical (unpaired) electrons. The Bertz CT molecular complexity index is 865. The average Bonchev–Trinajstić information content (AvgIpc) is 3.07. The Morgan fingerprint density at radius 2 is 2.36 bits per heavy atom. The lowest BCUT2D eigenvalue weighted by molar-refractivity contribution is -0.208. The molecule has 3 N–H and O–H groups in total. The van der Waals surface area contributed by atoms with E-state index in [1.165, 1.54) is 16.8 Å². The van der Waals surface area contributed by atoms with E-state index < -0.39 is 42.3 Å². The Kier molecular flexibility index (Phi) is 4.23. The van der Waals surface area contributed by atoms with Gasteiger partial charge in [0.1, 0.15) is 6.23 Å². The quantitative estimate of drug-likeness (QED) is 0.802. The number of nitrogens with two attached hydrogens (primary N) is 1. The second-order valence-electron chi connectivity index (χ2n) is 6.24. The second-order valence-corrected chi connectivity index (χ2v) is 6.24. The Morgan fingerprint density at radius 3 is 3.04 bits per heavy atom. The number of H-pyrrole nitrogens is 1. The normalized spacial score (nSPS) is 26.4. The van der Waals surface area contributed by atoms with Crippen LogP contribution in [0.2, 0.25) is 0 Å². The van der Waals surface area contributed by atoms with E-state index >= 15 is 0 Å². The standard InChI is InChI=1S/C15H18F2N4O4/c1-7(2)13(23)24-6-15(17)9(16)5-10(25-15)21-4-3-8-11(21)19-14(18)20-12(8)22/h3-4,7,9-10H,5-6H2,1-2H3,(H3,18,19,20,22)/t9-,10+,15+/m0/s1. The number of nitrogen functional groups attached to an aromatic ring is 1. The number of rotatable bonds is 4. The number of hydrogen-bond acceptors (Lipinski definition) is 6. The first-order chi connectivity index (χ1) is 11.7. The fourth-order valence-corrected chi connectivity index (χ4v) is 2.62. The van der Waals surface area contributed by atoms with Crippen LogP contribution in [0.1, 0.15) is 26.5 Å². The van der Waals surface area contributed by atoms with E-state index in [1.807, 2.05) is 0 Å². The van der Waals surface area contributed by atoms with Gasteiger partial charge in [0.05, 0.1) is 11.3 Å². The minimum Gasteiger partial charge on any atom is -0.459 e. The minimum absolute atomic E-state index is 0.121. The molecule has 0 amide bonds. The summed E-state index contributed by atoms with van der Waals surface area (Å²) in [5, 5.41) is 0.218. The molecular formula is C15H18F2N4O4. The number of carbonyl (C=O) groups is 1. The lowest BCUT2D eigenvalue weighted by Crippen LogP contribution is -2.38. The highest BCUT2D eigenvalue weighted by atomic mass is 19.2. The highest BCUT2D eigenvalue weighted by Crippen LogP contribution is 2.41. The fourth-order valence-electron chi connectivity index (χ4n) is 2.62. The van der Waals surface area contributed by atoms with Crippen LogP contribution in [0, 0.1) is 5.92 Å². The molecule has 10 heteroatoms. The van der Waals surface area contributed by atoms with Crippen molar-refractivity contribution in [3.8, 4) is 0 Å². The van der Waals surface area contributed by atoms with E-state index in [4.69, 9.17) is 15.2 Å². The molecule has 1 saturated heterocycles. The summed E-state index contributed by atoms with van der Waals surface area (Å²) in [6.45, 7) is 2.31. The van der Waals surface area contributed by atoms with Crippen molar-refractivity contribution in [3.05, 3.63) is 22.6 Å².